The molecule has 3 rings (SSSR count). The van der Waals surface area contributed by atoms with E-state index >= 15 is 0 Å². The normalized spacial score (nSPS) is 12.2. The highest BCUT2D eigenvalue weighted by Crippen LogP contribution is 2.24. The highest BCUT2D eigenvalue weighted by atomic mass is 16.2. The molecule has 1 heterocycles. The predicted octanol–water partition coefficient (Wildman–Crippen LogP) is 1.84. The van der Waals surface area contributed by atoms with Gasteiger partial charge in [-0.3, -0.25) is 4.79 Å². The first-order valence-electron chi connectivity index (χ1n) is 6.27. The number of tetrazole rings is 1. The molecule has 6 nitrogen and oxygen atoms in total. The van der Waals surface area contributed by atoms with Gasteiger partial charge in [-0.25, -0.2) is 0 Å². The molecule has 1 atom stereocenters. The van der Waals surface area contributed by atoms with Crippen LogP contribution in [0.5, 0.6) is 0 Å². The minimum absolute atomic E-state index is 0.0390. The summed E-state index contributed by atoms with van der Waals surface area (Å²) in [4.78, 5) is 11.9. The van der Waals surface area contributed by atoms with Crippen LogP contribution in [0.2, 0.25) is 0 Å². The lowest BCUT2D eigenvalue weighted by Gasteiger charge is -2.15. The molecule has 0 fully saturated rings. The van der Waals surface area contributed by atoms with Crippen LogP contribution in [0.3, 0.4) is 0 Å². The predicted molar refractivity (Wildman–Crippen MR) is 74.0 cm³/mol. The van der Waals surface area contributed by atoms with Crippen LogP contribution < -0.4 is 5.32 Å². The Kier molecular flexibility index (Phi) is 3.12. The summed E-state index contributed by atoms with van der Waals surface area (Å²) in [5.41, 5.74) is 1.06. The Balaban J connectivity index is 1.89. The van der Waals surface area contributed by atoms with Gasteiger partial charge in [-0.1, -0.05) is 42.5 Å². The molecule has 6 heteroatoms. The first-order valence-corrected chi connectivity index (χ1v) is 6.27. The third kappa shape index (κ3) is 2.23. The zero-order valence-electron chi connectivity index (χ0n) is 10.9. The van der Waals surface area contributed by atoms with Crippen molar-refractivity contribution in [3.05, 3.63) is 53.9 Å². The second kappa shape index (κ2) is 5.08. The van der Waals surface area contributed by atoms with Gasteiger partial charge in [0.1, 0.15) is 0 Å². The van der Waals surface area contributed by atoms with Crippen LogP contribution in [0.1, 0.15) is 29.1 Å². The van der Waals surface area contributed by atoms with Crippen LogP contribution >= 0.6 is 0 Å². The number of nitrogens with zero attached hydrogens (tertiary/aromatic N) is 3. The van der Waals surface area contributed by atoms with Gasteiger partial charge in [0.15, 0.2) is 0 Å². The fourth-order valence-electron chi connectivity index (χ4n) is 2.22. The maximum Gasteiger partial charge on any atom is 0.293 e. The van der Waals surface area contributed by atoms with E-state index < -0.39 is 0 Å². The Morgan fingerprint density at radius 3 is 2.80 bits per heavy atom. The molecule has 0 radical (unpaired) electrons. The monoisotopic (exact) mass is 267 g/mol. The van der Waals surface area contributed by atoms with E-state index in [4.69, 9.17) is 0 Å². The third-order valence-corrected chi connectivity index (χ3v) is 3.19. The summed E-state index contributed by atoms with van der Waals surface area (Å²) in [6, 6.07) is 14.0. The van der Waals surface area contributed by atoms with Crippen LogP contribution in [0.15, 0.2) is 42.5 Å². The molecule has 0 aliphatic heterocycles. The molecule has 0 bridgehead atoms. The number of benzene rings is 2. The lowest BCUT2D eigenvalue weighted by Crippen LogP contribution is -2.27. The summed E-state index contributed by atoms with van der Waals surface area (Å²) in [6.45, 7) is 1.93. The van der Waals surface area contributed by atoms with E-state index in [-0.39, 0.29) is 17.8 Å². The van der Waals surface area contributed by atoms with Crippen LogP contribution in [-0.4, -0.2) is 26.5 Å². The molecular formula is C14H13N5O. The van der Waals surface area contributed by atoms with Gasteiger partial charge in [0.25, 0.3) is 11.7 Å². The van der Waals surface area contributed by atoms with E-state index in [1.165, 1.54) is 0 Å². The average molecular weight is 267 g/mol. The van der Waals surface area contributed by atoms with Crippen molar-refractivity contribution in [2.45, 2.75) is 13.0 Å². The number of hydrogen-bond donors (Lipinski definition) is 2. The molecular weight excluding hydrogens is 254 g/mol. The van der Waals surface area contributed by atoms with Crippen molar-refractivity contribution in [3.8, 4) is 0 Å². The van der Waals surface area contributed by atoms with E-state index in [0.29, 0.717) is 0 Å². The number of fused-ring (bicyclic) bond motifs is 1. The minimum atomic E-state index is -0.348. The minimum Gasteiger partial charge on any atom is -0.343 e. The van der Waals surface area contributed by atoms with Gasteiger partial charge in [-0.15, -0.1) is 10.2 Å². The van der Waals surface area contributed by atoms with Gasteiger partial charge in [0.05, 0.1) is 6.04 Å². The second-order valence-corrected chi connectivity index (χ2v) is 4.50. The Hall–Kier alpha value is -2.76. The van der Waals surface area contributed by atoms with Crippen molar-refractivity contribution in [3.63, 3.8) is 0 Å². The molecule has 2 N–H and O–H groups in total. The summed E-state index contributed by atoms with van der Waals surface area (Å²) in [6.07, 6.45) is 0. The quantitative estimate of drug-likeness (QED) is 0.758. The highest BCUT2D eigenvalue weighted by molar-refractivity contribution is 5.91. The van der Waals surface area contributed by atoms with Crippen LogP contribution in [0.25, 0.3) is 10.8 Å². The number of carbonyl (C=O) groups is 1. The van der Waals surface area contributed by atoms with E-state index in [0.717, 1.165) is 16.3 Å². The first kappa shape index (κ1) is 12.3. The molecule has 0 saturated carbocycles. The van der Waals surface area contributed by atoms with E-state index in [2.05, 4.69) is 25.9 Å². The second-order valence-electron chi connectivity index (χ2n) is 4.50. The van der Waals surface area contributed by atoms with Crippen LogP contribution in [-0.2, 0) is 0 Å². The molecule has 1 unspecified atom stereocenters. The van der Waals surface area contributed by atoms with Gasteiger partial charge in [-0.05, 0) is 28.5 Å². The Labute approximate surface area is 115 Å². The topological polar surface area (TPSA) is 83.6 Å². The molecule has 20 heavy (non-hydrogen) atoms. The number of aromatic amines is 1. The Morgan fingerprint density at radius 1 is 1.20 bits per heavy atom. The van der Waals surface area contributed by atoms with Crippen LogP contribution in [0, 0.1) is 0 Å². The fourth-order valence-corrected chi connectivity index (χ4v) is 2.22. The molecule has 0 aliphatic rings. The maximum atomic E-state index is 11.9. The van der Waals surface area contributed by atoms with Crippen molar-refractivity contribution < 1.29 is 4.79 Å². The molecule has 1 aromatic heterocycles. The van der Waals surface area contributed by atoms with Crippen molar-refractivity contribution in [2.75, 3.05) is 0 Å². The van der Waals surface area contributed by atoms with E-state index in [9.17, 15) is 4.79 Å². The molecule has 2 aromatic carbocycles. The largest absolute Gasteiger partial charge is 0.343 e. The molecule has 100 valence electrons. The lowest BCUT2D eigenvalue weighted by atomic mass is 10.00. The van der Waals surface area contributed by atoms with Gasteiger partial charge in [-0.2, -0.15) is 5.21 Å². The first-order chi connectivity index (χ1) is 9.75. The van der Waals surface area contributed by atoms with E-state index in [1.54, 1.807) is 0 Å². The number of H-pyrrole nitrogens is 1. The number of aromatic nitrogens is 4. The van der Waals surface area contributed by atoms with Gasteiger partial charge >= 0.3 is 0 Å². The van der Waals surface area contributed by atoms with Gasteiger partial charge in [0.2, 0.25) is 0 Å². The lowest BCUT2D eigenvalue weighted by molar-refractivity contribution is 0.0929. The number of rotatable bonds is 3. The zero-order valence-corrected chi connectivity index (χ0v) is 10.9. The smallest absolute Gasteiger partial charge is 0.293 e. The zero-order chi connectivity index (χ0) is 13.9. The van der Waals surface area contributed by atoms with E-state index in [1.807, 2.05) is 49.4 Å². The maximum absolute atomic E-state index is 11.9. The number of carbonyl (C=O) groups excluding carboxylic acids is 1. The average Bonchev–Trinajstić information content (AvgIpc) is 3.01. The van der Waals surface area contributed by atoms with Crippen molar-refractivity contribution in [1.29, 1.82) is 0 Å². The standard InChI is InChI=1S/C14H13N5O/c1-9(15-14(20)13-16-18-19-17-13)11-8-4-6-10-5-2-3-7-12(10)11/h2-9H,1H3,(H,15,20)(H,16,17,18,19). The molecule has 0 aliphatic carbocycles. The fraction of sp³-hybridized carbons (Fsp3) is 0.143. The van der Waals surface area contributed by atoms with Gasteiger partial charge in [0, 0.05) is 0 Å². The van der Waals surface area contributed by atoms with Crippen LogP contribution in [0.4, 0.5) is 0 Å². The number of amides is 1. The molecule has 1 amide bonds. The number of hydrogen-bond acceptors (Lipinski definition) is 4. The Morgan fingerprint density at radius 2 is 2.00 bits per heavy atom. The van der Waals surface area contributed by atoms with Gasteiger partial charge < -0.3 is 5.32 Å². The van der Waals surface area contributed by atoms with Crippen molar-refractivity contribution in [2.24, 2.45) is 0 Å². The summed E-state index contributed by atoms with van der Waals surface area (Å²) < 4.78 is 0. The van der Waals surface area contributed by atoms with Crippen molar-refractivity contribution >= 4 is 16.7 Å². The molecule has 0 saturated heterocycles. The number of nitrogens with one attached hydrogen (secondary N) is 2. The SMILES string of the molecule is CC(NC(=O)c1nn[nH]n1)c1cccc2ccccc12. The summed E-state index contributed by atoms with van der Waals surface area (Å²) >= 11 is 0. The summed E-state index contributed by atoms with van der Waals surface area (Å²) in [5.74, 6) is -0.309. The third-order valence-electron chi connectivity index (χ3n) is 3.19. The summed E-state index contributed by atoms with van der Waals surface area (Å²) in [7, 11) is 0. The van der Waals surface area contributed by atoms with Crippen molar-refractivity contribution in [1.82, 2.24) is 25.9 Å². The summed E-state index contributed by atoms with van der Waals surface area (Å²) in [5, 5.41) is 18.1. The molecule has 0 spiro atoms. The molecule has 3 aromatic rings. The highest BCUT2D eigenvalue weighted by Gasteiger charge is 2.16. The Bertz CT molecular complexity index is 733.